The van der Waals surface area contributed by atoms with Gasteiger partial charge < -0.3 is 21.1 Å². The Labute approximate surface area is 365 Å². The van der Waals surface area contributed by atoms with Gasteiger partial charge in [-0.1, -0.05) is 38.1 Å². The molecule has 4 fully saturated rings. The molecule has 8 rings (SSSR count). The highest BCUT2D eigenvalue weighted by molar-refractivity contribution is 7.91. The molecule has 0 unspecified atom stereocenters. The van der Waals surface area contributed by atoms with Crippen LogP contribution in [0.25, 0.3) is 0 Å². The Morgan fingerprint density at radius 3 is 2.39 bits per heavy atom. The highest BCUT2D eigenvalue weighted by Gasteiger charge is 2.50. The smallest absolute Gasteiger partial charge is 0.312 e. The Hall–Kier alpha value is -4.96. The van der Waals surface area contributed by atoms with Crippen LogP contribution in [0.2, 0.25) is 0 Å². The van der Waals surface area contributed by atoms with Gasteiger partial charge in [0.25, 0.3) is 0 Å². The van der Waals surface area contributed by atoms with E-state index in [4.69, 9.17) is 5.73 Å². The summed E-state index contributed by atoms with van der Waals surface area (Å²) in [6.45, 7) is 12.1. The lowest BCUT2D eigenvalue weighted by atomic mass is 9.59. The highest BCUT2D eigenvalue weighted by Crippen LogP contribution is 2.53. The number of rotatable bonds is 13. The van der Waals surface area contributed by atoms with Crippen LogP contribution < -0.4 is 16.0 Å². The van der Waals surface area contributed by atoms with Crippen molar-refractivity contribution in [2.45, 2.75) is 112 Å². The molecule has 1 atom stereocenters. The summed E-state index contributed by atoms with van der Waals surface area (Å²) >= 11 is 0. The topological polar surface area (TPSA) is 188 Å². The first kappa shape index (κ1) is 43.7. The number of piperazine rings is 1. The summed E-state index contributed by atoms with van der Waals surface area (Å²) < 4.78 is 28.5. The Balaban J connectivity index is 0.953. The molecule has 14 nitrogen and oxygen atoms in total. The summed E-state index contributed by atoms with van der Waals surface area (Å²) in [6, 6.07) is 19.6. The number of piperidine rings is 1. The van der Waals surface area contributed by atoms with Crippen LogP contribution in [0, 0.1) is 21.4 Å². The number of amides is 1. The van der Waals surface area contributed by atoms with E-state index in [1.54, 1.807) is 6.07 Å². The number of carbonyl (C=O) groups is 1. The van der Waals surface area contributed by atoms with Gasteiger partial charge in [-0.05, 0) is 123 Å². The molecule has 2 saturated carbocycles. The van der Waals surface area contributed by atoms with Crippen molar-refractivity contribution < 1.29 is 23.2 Å². The van der Waals surface area contributed by atoms with Gasteiger partial charge in [0.1, 0.15) is 0 Å². The molecular formula is C47H60N8O6S. The van der Waals surface area contributed by atoms with Crippen LogP contribution >= 0.6 is 0 Å². The summed E-state index contributed by atoms with van der Waals surface area (Å²) in [5, 5.41) is 25.5. The predicted molar refractivity (Wildman–Crippen MR) is 239 cm³/mol. The molecular weight excluding hydrogens is 805 g/mol. The maximum atomic E-state index is 14.2. The first-order valence-corrected chi connectivity index (χ1v) is 23.6. The van der Waals surface area contributed by atoms with Crippen molar-refractivity contribution >= 4 is 32.9 Å². The average molecular weight is 865 g/mol. The third-order valence-corrected chi connectivity index (χ3v) is 16.0. The van der Waals surface area contributed by atoms with Gasteiger partial charge in [-0.15, -0.1) is 0 Å². The number of nitro groups is 1. The van der Waals surface area contributed by atoms with Gasteiger partial charge in [-0.3, -0.25) is 29.7 Å². The summed E-state index contributed by atoms with van der Waals surface area (Å²) in [7, 11) is -4.45. The number of nitrogens with zero attached hydrogens (tertiary/aromatic N) is 6. The third kappa shape index (κ3) is 9.22. The van der Waals surface area contributed by atoms with Crippen LogP contribution in [0.3, 0.4) is 0 Å². The number of hydrogen-bond acceptors (Lipinski definition) is 12. The number of sulfone groups is 1. The normalized spacial score (nSPS) is 23.6. The van der Waals surface area contributed by atoms with Crippen LogP contribution in [-0.2, 0) is 16.4 Å². The molecule has 2 aromatic carbocycles. The summed E-state index contributed by atoms with van der Waals surface area (Å²) in [4.78, 5) is 39.4. The van der Waals surface area contributed by atoms with Gasteiger partial charge in [0.05, 0.1) is 25.9 Å². The van der Waals surface area contributed by atoms with Crippen LogP contribution in [-0.4, -0.2) is 95.0 Å². The molecule has 62 heavy (non-hydrogen) atoms. The van der Waals surface area contributed by atoms with E-state index in [-0.39, 0.29) is 27.6 Å². The zero-order chi connectivity index (χ0) is 43.8. The lowest BCUT2D eigenvalue weighted by Gasteiger charge is -2.58. The number of primary amides is 1. The Bertz CT molecular complexity index is 2370. The molecule has 2 saturated heterocycles. The molecule has 2 aromatic heterocycles. The van der Waals surface area contributed by atoms with Gasteiger partial charge in [-0.25, -0.2) is 13.4 Å². The van der Waals surface area contributed by atoms with Crippen LogP contribution in [0.4, 0.5) is 17.2 Å². The van der Waals surface area contributed by atoms with Gasteiger partial charge in [-0.2, -0.15) is 0 Å². The van der Waals surface area contributed by atoms with Crippen molar-refractivity contribution in [3.05, 3.63) is 112 Å². The number of nitrogens with one attached hydrogen (secondary N) is 1. The number of pyridine rings is 2. The molecule has 0 radical (unpaired) electrons. The van der Waals surface area contributed by atoms with Crippen molar-refractivity contribution in [3.63, 3.8) is 0 Å². The molecule has 1 spiro atoms. The summed E-state index contributed by atoms with van der Waals surface area (Å²) in [5.74, 6) is -0.335. The minimum absolute atomic E-state index is 0.0326. The van der Waals surface area contributed by atoms with Gasteiger partial charge in [0, 0.05) is 88.2 Å². The molecule has 4 aromatic rings. The largest absolute Gasteiger partial charge is 0.390 e. The van der Waals surface area contributed by atoms with Crippen molar-refractivity contribution in [2.75, 3.05) is 49.5 Å². The number of nitrogens with two attached hydrogens (primary N) is 1. The van der Waals surface area contributed by atoms with Crippen molar-refractivity contribution in [2.24, 2.45) is 17.1 Å². The molecule has 2 aliphatic carbocycles. The monoisotopic (exact) mass is 864 g/mol. The maximum absolute atomic E-state index is 14.2. The summed E-state index contributed by atoms with van der Waals surface area (Å²) in [6.07, 6.45) is 11.8. The van der Waals surface area contributed by atoms with Crippen LogP contribution in [0.1, 0.15) is 111 Å². The van der Waals surface area contributed by atoms with Gasteiger partial charge >= 0.3 is 5.69 Å². The quantitative estimate of drug-likeness (QED) is 0.0915. The first-order valence-electron chi connectivity index (χ1n) is 22.1. The molecule has 330 valence electrons. The zero-order valence-corrected chi connectivity index (χ0v) is 36.9. The molecule has 4 aliphatic rings. The predicted octanol–water partition coefficient (Wildman–Crippen LogP) is 7.10. The number of aliphatic hydroxyl groups is 1. The van der Waals surface area contributed by atoms with E-state index in [1.807, 2.05) is 19.3 Å². The standard InChI is InChI=1S/C47H60N8O6S/c1-32(2)38-6-4-5-7-39(38)42-31-52(30-34-12-18-49-19-13-34)22-23-54(42)36-26-47(27-36)16-20-53(21-17-47)35-8-9-40(44(48)56)43(24-35)62(60,61)37-25-41(55(58)59)45(51-29-37)50-28-33-10-14-46(3,57)15-11-33/h4-9,12-13,18-19,24-25,29,32-33,36,42,57H,10-11,14-17,20-23,26-28,30-31H2,1-3H3,(H2,48,56)(H,50,51)/t33?,42-,46?/m0/s1. The third-order valence-electron chi connectivity index (χ3n) is 14.2. The second kappa shape index (κ2) is 17.7. The average Bonchev–Trinajstić information content (AvgIpc) is 3.25. The van der Waals surface area contributed by atoms with Crippen molar-refractivity contribution in [1.82, 2.24) is 19.8 Å². The Kier molecular flexibility index (Phi) is 12.4. The van der Waals surface area contributed by atoms with E-state index in [0.717, 1.165) is 90.1 Å². The molecule has 1 amide bonds. The highest BCUT2D eigenvalue weighted by atomic mass is 32.2. The Morgan fingerprint density at radius 2 is 1.71 bits per heavy atom. The number of aromatic nitrogens is 2. The molecule has 15 heteroatoms. The lowest BCUT2D eigenvalue weighted by Crippen LogP contribution is -2.60. The molecule has 4 heterocycles. The zero-order valence-electron chi connectivity index (χ0n) is 36.1. The van der Waals surface area contributed by atoms with E-state index >= 15 is 0 Å². The van der Waals surface area contributed by atoms with E-state index < -0.39 is 36.9 Å². The molecule has 2 aliphatic heterocycles. The minimum atomic E-state index is -4.45. The summed E-state index contributed by atoms with van der Waals surface area (Å²) in [5.41, 5.74) is 9.31. The Morgan fingerprint density at radius 1 is 1.00 bits per heavy atom. The fraction of sp³-hybridized carbons (Fsp3) is 0.511. The van der Waals surface area contributed by atoms with Crippen molar-refractivity contribution in [3.8, 4) is 0 Å². The molecule has 0 bridgehead atoms. The van der Waals surface area contributed by atoms with Gasteiger partial charge in [0.15, 0.2) is 0 Å². The fourth-order valence-corrected chi connectivity index (χ4v) is 11.9. The van der Waals surface area contributed by atoms with E-state index in [9.17, 15) is 28.4 Å². The van der Waals surface area contributed by atoms with Crippen LogP contribution in [0.15, 0.2) is 89.0 Å². The number of benzene rings is 2. The SMILES string of the molecule is CC(C)c1ccccc1[C@@H]1CN(Cc2ccncc2)CCN1C1CC2(CCN(c3ccc(C(N)=O)c(S(=O)(=O)c4cnc(NCC5CCC(C)(O)CC5)c([N+](=O)[O-])c4)c3)CC2)C1. The lowest BCUT2D eigenvalue weighted by molar-refractivity contribution is -0.384. The van der Waals surface area contributed by atoms with E-state index in [0.29, 0.717) is 43.1 Å². The number of hydrogen-bond donors (Lipinski definition) is 3. The first-order chi connectivity index (χ1) is 29.6. The minimum Gasteiger partial charge on any atom is -0.390 e. The second-order valence-corrected chi connectivity index (χ2v) is 20.8. The van der Waals surface area contributed by atoms with Crippen molar-refractivity contribution in [1.29, 1.82) is 0 Å². The number of anilines is 2. The van der Waals surface area contributed by atoms with E-state index in [1.165, 1.54) is 28.8 Å². The maximum Gasteiger partial charge on any atom is 0.312 e. The second-order valence-electron chi connectivity index (χ2n) is 18.8. The molecule has 4 N–H and O–H groups in total. The van der Waals surface area contributed by atoms with Crippen LogP contribution in [0.5, 0.6) is 0 Å². The number of carbonyl (C=O) groups excluding carboxylic acids is 1. The fourth-order valence-electron chi connectivity index (χ4n) is 10.5. The van der Waals surface area contributed by atoms with Gasteiger partial charge in [0.2, 0.25) is 21.6 Å². The van der Waals surface area contributed by atoms with E-state index in [2.05, 4.69) is 80.2 Å².